The van der Waals surface area contributed by atoms with Gasteiger partial charge in [0.2, 0.25) is 0 Å². The summed E-state index contributed by atoms with van der Waals surface area (Å²) in [7, 11) is 0. The van der Waals surface area contributed by atoms with Gasteiger partial charge < -0.3 is 15.1 Å². The van der Waals surface area contributed by atoms with Crippen LogP contribution in [0, 0.1) is 0 Å². The lowest BCUT2D eigenvalue weighted by molar-refractivity contribution is -0.194. The number of carbonyl (C=O) groups excluding carboxylic acids is 1. The van der Waals surface area contributed by atoms with Crippen molar-refractivity contribution in [2.45, 2.75) is 84.0 Å². The van der Waals surface area contributed by atoms with E-state index in [0.717, 1.165) is 12.8 Å². The summed E-state index contributed by atoms with van der Waals surface area (Å²) in [5, 5.41) is 19.0. The van der Waals surface area contributed by atoms with Crippen LogP contribution in [-0.2, 0) is 9.63 Å². The SMILES string of the molecule is CCCCCCCCCCCCCC(=O)ON(CCO)CCO. The second kappa shape index (κ2) is 17.7. The van der Waals surface area contributed by atoms with Gasteiger partial charge in [-0.15, -0.1) is 5.06 Å². The molecule has 23 heavy (non-hydrogen) atoms. The molecular formula is C18H37NO4. The van der Waals surface area contributed by atoms with Crippen LogP contribution in [0.3, 0.4) is 0 Å². The zero-order valence-electron chi connectivity index (χ0n) is 15.0. The Morgan fingerprint density at radius 2 is 1.22 bits per heavy atom. The molecule has 0 rings (SSSR count). The van der Waals surface area contributed by atoms with Gasteiger partial charge in [0.1, 0.15) is 0 Å². The molecule has 0 aromatic heterocycles. The lowest BCUT2D eigenvalue weighted by atomic mass is 10.1. The van der Waals surface area contributed by atoms with E-state index in [1.165, 1.54) is 62.9 Å². The van der Waals surface area contributed by atoms with Crippen molar-refractivity contribution in [2.24, 2.45) is 0 Å². The van der Waals surface area contributed by atoms with Crippen LogP contribution in [0.4, 0.5) is 0 Å². The second-order valence-electron chi connectivity index (χ2n) is 6.13. The minimum Gasteiger partial charge on any atom is -0.395 e. The molecular weight excluding hydrogens is 294 g/mol. The molecule has 0 atom stereocenters. The predicted octanol–water partition coefficient (Wildman–Crippen LogP) is 3.43. The number of hydrogen-bond donors (Lipinski definition) is 2. The largest absolute Gasteiger partial charge is 0.395 e. The zero-order chi connectivity index (χ0) is 17.2. The van der Waals surface area contributed by atoms with E-state index in [2.05, 4.69) is 6.92 Å². The molecule has 138 valence electrons. The van der Waals surface area contributed by atoms with Crippen molar-refractivity contribution in [3.8, 4) is 0 Å². The van der Waals surface area contributed by atoms with Gasteiger partial charge >= 0.3 is 5.97 Å². The molecule has 0 unspecified atom stereocenters. The first kappa shape index (κ1) is 22.4. The normalized spacial score (nSPS) is 11.1. The van der Waals surface area contributed by atoms with Crippen molar-refractivity contribution in [1.82, 2.24) is 5.06 Å². The van der Waals surface area contributed by atoms with Gasteiger partial charge in [0.25, 0.3) is 0 Å². The van der Waals surface area contributed by atoms with Gasteiger partial charge in [-0.25, -0.2) is 0 Å². The minimum atomic E-state index is -0.275. The van der Waals surface area contributed by atoms with Crippen molar-refractivity contribution in [2.75, 3.05) is 26.3 Å². The first-order valence-corrected chi connectivity index (χ1v) is 9.42. The Morgan fingerprint density at radius 1 is 0.783 bits per heavy atom. The molecule has 2 N–H and O–H groups in total. The summed E-state index contributed by atoms with van der Waals surface area (Å²) in [6.07, 6.45) is 14.2. The molecule has 0 saturated carbocycles. The molecule has 0 aliphatic carbocycles. The Kier molecular flexibility index (Phi) is 17.2. The van der Waals surface area contributed by atoms with Crippen molar-refractivity contribution in [3.05, 3.63) is 0 Å². The fourth-order valence-electron chi connectivity index (χ4n) is 2.55. The van der Waals surface area contributed by atoms with Crippen LogP contribution in [0.2, 0.25) is 0 Å². The van der Waals surface area contributed by atoms with Crippen molar-refractivity contribution >= 4 is 5.97 Å². The van der Waals surface area contributed by atoms with Gasteiger partial charge in [-0.2, -0.15) is 0 Å². The molecule has 0 spiro atoms. The number of rotatable bonds is 17. The van der Waals surface area contributed by atoms with E-state index >= 15 is 0 Å². The van der Waals surface area contributed by atoms with Crippen molar-refractivity contribution in [1.29, 1.82) is 0 Å². The Labute approximate surface area is 142 Å². The van der Waals surface area contributed by atoms with E-state index in [0.29, 0.717) is 6.42 Å². The van der Waals surface area contributed by atoms with Gasteiger partial charge in [-0.3, -0.25) is 4.79 Å². The summed E-state index contributed by atoms with van der Waals surface area (Å²) in [6.45, 7) is 2.54. The highest BCUT2D eigenvalue weighted by atomic mass is 16.7. The average molecular weight is 331 g/mol. The summed E-state index contributed by atoms with van der Waals surface area (Å²) < 4.78 is 0. The molecule has 0 heterocycles. The number of aliphatic hydroxyl groups is 2. The zero-order valence-corrected chi connectivity index (χ0v) is 15.0. The molecule has 0 radical (unpaired) electrons. The molecule has 0 amide bonds. The third kappa shape index (κ3) is 16.0. The molecule has 0 saturated heterocycles. The maximum absolute atomic E-state index is 11.6. The first-order chi connectivity index (χ1) is 11.2. The Morgan fingerprint density at radius 3 is 1.65 bits per heavy atom. The summed E-state index contributed by atoms with van der Waals surface area (Å²) in [5.41, 5.74) is 0. The van der Waals surface area contributed by atoms with Crippen LogP contribution in [0.25, 0.3) is 0 Å². The summed E-state index contributed by atoms with van der Waals surface area (Å²) in [4.78, 5) is 16.7. The standard InChI is InChI=1S/C18H37NO4/c1-2-3-4-5-6-7-8-9-10-11-12-13-18(22)23-19(14-16-20)15-17-21/h20-21H,2-17H2,1H3. The smallest absolute Gasteiger partial charge is 0.325 e. The van der Waals surface area contributed by atoms with Crippen molar-refractivity contribution in [3.63, 3.8) is 0 Å². The van der Waals surface area contributed by atoms with E-state index in [4.69, 9.17) is 15.1 Å². The van der Waals surface area contributed by atoms with E-state index < -0.39 is 0 Å². The molecule has 0 fully saturated rings. The number of aliphatic hydroxyl groups excluding tert-OH is 2. The second-order valence-corrected chi connectivity index (χ2v) is 6.13. The molecule has 5 nitrogen and oxygen atoms in total. The maximum atomic E-state index is 11.6. The van der Waals surface area contributed by atoms with Gasteiger partial charge in [0, 0.05) is 6.42 Å². The number of hydrogen-bond acceptors (Lipinski definition) is 5. The van der Waals surface area contributed by atoms with Crippen LogP contribution in [0.1, 0.15) is 84.0 Å². The summed E-state index contributed by atoms with van der Waals surface area (Å²) in [6, 6.07) is 0. The third-order valence-electron chi connectivity index (χ3n) is 3.91. The number of unbranched alkanes of at least 4 members (excludes halogenated alkanes) is 10. The van der Waals surface area contributed by atoms with Gasteiger partial charge in [-0.1, -0.05) is 71.1 Å². The number of nitrogens with zero attached hydrogens (tertiary/aromatic N) is 1. The molecule has 0 aliphatic rings. The van der Waals surface area contributed by atoms with E-state index in [1.54, 1.807) is 0 Å². The van der Waals surface area contributed by atoms with Gasteiger partial charge in [-0.05, 0) is 6.42 Å². The van der Waals surface area contributed by atoms with Gasteiger partial charge in [0.15, 0.2) is 0 Å². The highest BCUT2D eigenvalue weighted by molar-refractivity contribution is 5.68. The molecule has 5 heteroatoms. The molecule has 0 aromatic carbocycles. The summed E-state index contributed by atoms with van der Waals surface area (Å²) >= 11 is 0. The molecule has 0 bridgehead atoms. The monoisotopic (exact) mass is 331 g/mol. The third-order valence-corrected chi connectivity index (χ3v) is 3.91. The van der Waals surface area contributed by atoms with E-state index in [9.17, 15) is 4.79 Å². The van der Waals surface area contributed by atoms with Crippen molar-refractivity contribution < 1.29 is 19.8 Å². The molecule has 0 aliphatic heterocycles. The number of carbonyl (C=O) groups is 1. The number of hydroxylamine groups is 2. The van der Waals surface area contributed by atoms with Gasteiger partial charge in [0.05, 0.1) is 26.3 Å². The van der Waals surface area contributed by atoms with Crippen LogP contribution >= 0.6 is 0 Å². The van der Waals surface area contributed by atoms with E-state index in [-0.39, 0.29) is 32.3 Å². The maximum Gasteiger partial charge on any atom is 0.325 e. The Hall–Kier alpha value is -0.650. The van der Waals surface area contributed by atoms with Crippen LogP contribution < -0.4 is 0 Å². The minimum absolute atomic E-state index is 0.0915. The average Bonchev–Trinajstić information content (AvgIpc) is 2.53. The van der Waals surface area contributed by atoms with E-state index in [1.807, 2.05) is 0 Å². The predicted molar refractivity (Wildman–Crippen MR) is 92.9 cm³/mol. The van der Waals surface area contributed by atoms with Crippen LogP contribution in [0.5, 0.6) is 0 Å². The first-order valence-electron chi connectivity index (χ1n) is 9.42. The fourth-order valence-corrected chi connectivity index (χ4v) is 2.55. The fraction of sp³-hybridized carbons (Fsp3) is 0.944. The van der Waals surface area contributed by atoms with Crippen LogP contribution in [-0.4, -0.2) is 47.5 Å². The highest BCUT2D eigenvalue weighted by Crippen LogP contribution is 2.12. The Balaban J connectivity index is 3.37. The van der Waals surface area contributed by atoms with Crippen LogP contribution in [0.15, 0.2) is 0 Å². The highest BCUT2D eigenvalue weighted by Gasteiger charge is 2.10. The lowest BCUT2D eigenvalue weighted by Crippen LogP contribution is -2.32. The topological polar surface area (TPSA) is 70.0 Å². The summed E-state index contributed by atoms with van der Waals surface area (Å²) in [5.74, 6) is -0.275. The quantitative estimate of drug-likeness (QED) is 0.316. The Bertz CT molecular complexity index is 255. The lowest BCUT2D eigenvalue weighted by Gasteiger charge is -2.18. The molecule has 0 aromatic rings.